The number of nitrogens with zero attached hydrogens (tertiary/aromatic N) is 1. The van der Waals surface area contributed by atoms with E-state index in [9.17, 15) is 9.59 Å². The van der Waals surface area contributed by atoms with Crippen LogP contribution in [0.4, 0.5) is 5.69 Å². The van der Waals surface area contributed by atoms with Gasteiger partial charge in [0, 0.05) is 37.3 Å². The second-order valence-corrected chi connectivity index (χ2v) is 7.40. The van der Waals surface area contributed by atoms with E-state index in [-0.39, 0.29) is 11.8 Å². The molecule has 0 bridgehead atoms. The Morgan fingerprint density at radius 2 is 1.66 bits per heavy atom. The number of hydrogen-bond acceptors (Lipinski definition) is 4. The summed E-state index contributed by atoms with van der Waals surface area (Å²) in [6, 6.07) is 11.0. The van der Waals surface area contributed by atoms with Crippen molar-refractivity contribution in [2.75, 3.05) is 46.7 Å². The SMILES string of the molecule is COc1cc2c(cc1OC)C[NH+](CC(=O)Nc1ccc(C(=O)N(C)C)cc1)CC2. The molecule has 2 N–H and O–H groups in total. The lowest BCUT2D eigenvalue weighted by atomic mass is 9.99. The highest BCUT2D eigenvalue weighted by atomic mass is 16.5. The summed E-state index contributed by atoms with van der Waals surface area (Å²) in [6.07, 6.45) is 0.889. The van der Waals surface area contributed by atoms with E-state index in [1.165, 1.54) is 20.9 Å². The van der Waals surface area contributed by atoms with Gasteiger partial charge in [0.25, 0.3) is 11.8 Å². The van der Waals surface area contributed by atoms with Gasteiger partial charge < -0.3 is 24.6 Å². The Morgan fingerprint density at radius 3 is 2.24 bits per heavy atom. The number of carbonyl (C=O) groups excluding carboxylic acids is 2. The number of anilines is 1. The Bertz CT molecular complexity index is 894. The quantitative estimate of drug-likeness (QED) is 0.761. The fourth-order valence-corrected chi connectivity index (χ4v) is 3.57. The van der Waals surface area contributed by atoms with E-state index >= 15 is 0 Å². The van der Waals surface area contributed by atoms with Crippen molar-refractivity contribution in [3.63, 3.8) is 0 Å². The first-order valence-corrected chi connectivity index (χ1v) is 9.60. The molecule has 0 saturated carbocycles. The molecule has 1 unspecified atom stereocenters. The van der Waals surface area contributed by atoms with Crippen LogP contribution in [0.2, 0.25) is 0 Å². The van der Waals surface area contributed by atoms with Crippen molar-refractivity contribution in [3.8, 4) is 11.5 Å². The highest BCUT2D eigenvalue weighted by Gasteiger charge is 2.24. The van der Waals surface area contributed by atoms with Crippen LogP contribution < -0.4 is 19.7 Å². The van der Waals surface area contributed by atoms with Gasteiger partial charge in [0.15, 0.2) is 18.0 Å². The van der Waals surface area contributed by atoms with Crippen molar-refractivity contribution < 1.29 is 24.0 Å². The number of carbonyl (C=O) groups is 2. The summed E-state index contributed by atoms with van der Waals surface area (Å²) in [7, 11) is 6.69. The molecule has 0 aromatic heterocycles. The lowest BCUT2D eigenvalue weighted by Gasteiger charge is -2.26. The number of quaternary nitrogens is 1. The molecular weight excluding hydrogens is 370 g/mol. The minimum atomic E-state index is -0.0636. The zero-order valence-electron chi connectivity index (χ0n) is 17.4. The molecule has 29 heavy (non-hydrogen) atoms. The van der Waals surface area contributed by atoms with Gasteiger partial charge in [-0.25, -0.2) is 0 Å². The van der Waals surface area contributed by atoms with Gasteiger partial charge in [0.05, 0.1) is 20.8 Å². The summed E-state index contributed by atoms with van der Waals surface area (Å²) in [6.45, 7) is 2.03. The number of benzene rings is 2. The molecule has 1 aliphatic heterocycles. The second-order valence-electron chi connectivity index (χ2n) is 7.40. The summed E-state index contributed by atoms with van der Waals surface area (Å²) >= 11 is 0. The summed E-state index contributed by atoms with van der Waals surface area (Å²) in [4.78, 5) is 27.2. The highest BCUT2D eigenvalue weighted by molar-refractivity contribution is 5.95. The molecule has 2 aromatic rings. The Labute approximate surface area is 171 Å². The number of amides is 2. The van der Waals surface area contributed by atoms with Crippen LogP contribution in [-0.4, -0.2) is 58.1 Å². The Balaban J connectivity index is 1.60. The van der Waals surface area contributed by atoms with Crippen molar-refractivity contribution in [2.45, 2.75) is 13.0 Å². The minimum absolute atomic E-state index is 0.0457. The molecule has 7 heteroatoms. The Morgan fingerprint density at radius 1 is 1.03 bits per heavy atom. The topological polar surface area (TPSA) is 72.3 Å². The van der Waals surface area contributed by atoms with Gasteiger partial charge in [0.1, 0.15) is 6.54 Å². The standard InChI is InChI=1S/C22H27N3O4/c1-24(2)22(27)15-5-7-18(8-6-15)23-21(26)14-25-10-9-16-11-19(28-3)20(29-4)12-17(16)13-25/h5-8,11-12H,9-10,13-14H2,1-4H3,(H,23,26)/p+1. The summed E-state index contributed by atoms with van der Waals surface area (Å²) in [5, 5.41) is 2.92. The van der Waals surface area contributed by atoms with Gasteiger partial charge in [-0.2, -0.15) is 0 Å². The van der Waals surface area contributed by atoms with Gasteiger partial charge in [-0.05, 0) is 42.0 Å². The fourth-order valence-electron chi connectivity index (χ4n) is 3.57. The van der Waals surface area contributed by atoms with Crippen LogP contribution in [-0.2, 0) is 17.8 Å². The van der Waals surface area contributed by atoms with Crippen LogP contribution in [0.25, 0.3) is 0 Å². The predicted molar refractivity (Wildman–Crippen MR) is 111 cm³/mol. The minimum Gasteiger partial charge on any atom is -0.493 e. The van der Waals surface area contributed by atoms with Crippen LogP contribution in [0.5, 0.6) is 11.5 Å². The van der Waals surface area contributed by atoms with Gasteiger partial charge in [-0.15, -0.1) is 0 Å². The molecule has 0 radical (unpaired) electrons. The van der Waals surface area contributed by atoms with E-state index in [2.05, 4.69) is 5.32 Å². The molecule has 154 valence electrons. The Kier molecular flexibility index (Phi) is 6.39. The summed E-state index contributed by atoms with van der Waals surface area (Å²) in [5.74, 6) is 1.34. The smallest absolute Gasteiger partial charge is 0.279 e. The molecule has 2 amide bonds. The van der Waals surface area contributed by atoms with Gasteiger partial charge >= 0.3 is 0 Å². The maximum absolute atomic E-state index is 12.5. The maximum Gasteiger partial charge on any atom is 0.279 e. The number of hydrogen-bond donors (Lipinski definition) is 2. The number of methoxy groups -OCH3 is 2. The van der Waals surface area contributed by atoms with Crippen LogP contribution in [0.3, 0.4) is 0 Å². The van der Waals surface area contributed by atoms with Gasteiger partial charge in [-0.1, -0.05) is 0 Å². The lowest BCUT2D eigenvalue weighted by molar-refractivity contribution is -0.907. The van der Waals surface area contributed by atoms with E-state index in [1.807, 2.05) is 12.1 Å². The van der Waals surface area contributed by atoms with Gasteiger partial charge in [0.2, 0.25) is 0 Å². The van der Waals surface area contributed by atoms with E-state index in [4.69, 9.17) is 9.47 Å². The van der Waals surface area contributed by atoms with Crippen molar-refractivity contribution >= 4 is 17.5 Å². The zero-order valence-corrected chi connectivity index (χ0v) is 17.4. The third kappa shape index (κ3) is 4.86. The first-order chi connectivity index (χ1) is 13.9. The van der Waals surface area contributed by atoms with E-state index in [0.29, 0.717) is 23.5 Å². The third-order valence-electron chi connectivity index (χ3n) is 5.13. The number of ether oxygens (including phenoxy) is 2. The Hall–Kier alpha value is -3.06. The van der Waals surface area contributed by atoms with Crippen molar-refractivity contribution in [2.24, 2.45) is 0 Å². The first-order valence-electron chi connectivity index (χ1n) is 9.60. The number of nitrogens with one attached hydrogen (secondary N) is 2. The summed E-state index contributed by atoms with van der Waals surface area (Å²) < 4.78 is 10.8. The fraction of sp³-hybridized carbons (Fsp3) is 0.364. The molecule has 0 aliphatic carbocycles. The van der Waals surface area contributed by atoms with Crippen molar-refractivity contribution in [1.82, 2.24) is 4.90 Å². The molecule has 0 saturated heterocycles. The van der Waals surface area contributed by atoms with Crippen molar-refractivity contribution in [3.05, 3.63) is 53.1 Å². The number of fused-ring (bicyclic) bond motifs is 1. The third-order valence-corrected chi connectivity index (χ3v) is 5.13. The first kappa shape index (κ1) is 20.7. The van der Waals surface area contributed by atoms with Crippen LogP contribution in [0.1, 0.15) is 21.5 Å². The van der Waals surface area contributed by atoms with Crippen molar-refractivity contribution in [1.29, 1.82) is 0 Å². The van der Waals surface area contributed by atoms with Crippen LogP contribution in [0, 0.1) is 0 Å². The molecule has 0 spiro atoms. The largest absolute Gasteiger partial charge is 0.493 e. The summed E-state index contributed by atoms with van der Waals surface area (Å²) in [5.41, 5.74) is 3.71. The monoisotopic (exact) mass is 398 g/mol. The van der Waals surface area contributed by atoms with Gasteiger partial charge in [-0.3, -0.25) is 9.59 Å². The van der Waals surface area contributed by atoms with Crippen LogP contribution >= 0.6 is 0 Å². The average Bonchev–Trinajstić information content (AvgIpc) is 2.72. The predicted octanol–water partition coefficient (Wildman–Crippen LogP) is 0.985. The molecule has 1 aliphatic rings. The van der Waals surface area contributed by atoms with Crippen LogP contribution in [0.15, 0.2) is 36.4 Å². The molecular formula is C22H28N3O4+. The molecule has 0 fully saturated rings. The average molecular weight is 398 g/mol. The molecule has 7 nitrogen and oxygen atoms in total. The molecule has 1 heterocycles. The maximum atomic E-state index is 12.5. The van der Waals surface area contributed by atoms with E-state index < -0.39 is 0 Å². The van der Waals surface area contributed by atoms with E-state index in [0.717, 1.165) is 25.3 Å². The number of rotatable bonds is 6. The molecule has 2 aromatic carbocycles. The molecule has 1 atom stereocenters. The lowest BCUT2D eigenvalue weighted by Crippen LogP contribution is -3.12. The normalized spacial score (nSPS) is 15.2. The molecule has 3 rings (SSSR count). The highest BCUT2D eigenvalue weighted by Crippen LogP contribution is 2.31. The van der Waals surface area contributed by atoms with E-state index in [1.54, 1.807) is 52.6 Å². The zero-order chi connectivity index (χ0) is 21.0. The second kappa shape index (κ2) is 8.96.